The Bertz CT molecular complexity index is 784. The van der Waals surface area contributed by atoms with Gasteiger partial charge in [-0.25, -0.2) is 4.39 Å². The summed E-state index contributed by atoms with van der Waals surface area (Å²) in [6.07, 6.45) is 0.592. The fourth-order valence-corrected chi connectivity index (χ4v) is 3.52. The number of aromatic nitrogens is 1. The SMILES string of the molecule is COc1nc(OCC2CC(F)(F)C2(F)F)c(F)cc1CNC(=O)C1CCCN1C.Cl. The summed E-state index contributed by atoms with van der Waals surface area (Å²) in [5, 5.41) is 2.69. The summed E-state index contributed by atoms with van der Waals surface area (Å²) in [6.45, 7) is -0.0428. The summed E-state index contributed by atoms with van der Waals surface area (Å²) >= 11 is 0. The van der Waals surface area contributed by atoms with Crippen LogP contribution < -0.4 is 14.8 Å². The predicted molar refractivity (Wildman–Crippen MR) is 99.0 cm³/mol. The van der Waals surface area contributed by atoms with Crippen LogP contribution in [0.3, 0.4) is 0 Å². The number of nitrogens with one attached hydrogen (secondary N) is 1. The van der Waals surface area contributed by atoms with Gasteiger partial charge in [-0.15, -0.1) is 12.4 Å². The monoisotopic (exact) mass is 459 g/mol. The van der Waals surface area contributed by atoms with Gasteiger partial charge in [0.15, 0.2) is 5.82 Å². The highest BCUT2D eigenvalue weighted by molar-refractivity contribution is 5.85. The first kappa shape index (κ1) is 24.4. The van der Waals surface area contributed by atoms with Gasteiger partial charge in [-0.1, -0.05) is 0 Å². The minimum atomic E-state index is -4.20. The molecule has 2 atom stereocenters. The number of nitrogens with zero attached hydrogens (tertiary/aromatic N) is 2. The largest absolute Gasteiger partial charge is 0.481 e. The van der Waals surface area contributed by atoms with Crippen molar-refractivity contribution in [1.82, 2.24) is 15.2 Å². The molecule has 1 saturated carbocycles. The molecule has 12 heteroatoms. The van der Waals surface area contributed by atoms with E-state index < -0.39 is 42.5 Å². The molecule has 0 aromatic carbocycles. The molecule has 0 spiro atoms. The Hall–Kier alpha value is -1.88. The molecular formula is C18H23ClF5N3O3. The Labute approximate surface area is 176 Å². The third kappa shape index (κ3) is 4.56. The van der Waals surface area contributed by atoms with Crippen LogP contribution in [-0.2, 0) is 11.3 Å². The van der Waals surface area contributed by atoms with E-state index in [-0.39, 0.29) is 42.3 Å². The van der Waals surface area contributed by atoms with Gasteiger partial charge in [0.1, 0.15) is 0 Å². The van der Waals surface area contributed by atoms with Crippen LogP contribution in [-0.4, -0.2) is 61.0 Å². The lowest BCUT2D eigenvalue weighted by Crippen LogP contribution is -2.60. The van der Waals surface area contributed by atoms with Crippen molar-refractivity contribution in [2.24, 2.45) is 5.92 Å². The Morgan fingerprint density at radius 1 is 1.33 bits per heavy atom. The summed E-state index contributed by atoms with van der Waals surface area (Å²) in [6, 6.07) is 0.747. The van der Waals surface area contributed by atoms with Crippen LogP contribution in [0.2, 0.25) is 0 Å². The second-order valence-electron chi connectivity index (χ2n) is 7.34. The lowest BCUT2D eigenvalue weighted by atomic mass is 9.77. The number of carbonyl (C=O) groups excluding carboxylic acids is 1. The molecule has 2 fully saturated rings. The Morgan fingerprint density at radius 3 is 2.57 bits per heavy atom. The van der Waals surface area contributed by atoms with Crippen LogP contribution in [0.25, 0.3) is 0 Å². The van der Waals surface area contributed by atoms with Gasteiger partial charge in [0.05, 0.1) is 25.7 Å². The van der Waals surface area contributed by atoms with E-state index >= 15 is 0 Å². The summed E-state index contributed by atoms with van der Waals surface area (Å²) in [7, 11) is 3.10. The van der Waals surface area contributed by atoms with E-state index in [1.165, 1.54) is 7.11 Å². The molecular weight excluding hydrogens is 437 g/mol. The highest BCUT2D eigenvalue weighted by atomic mass is 35.5. The zero-order valence-electron chi connectivity index (χ0n) is 16.4. The zero-order valence-corrected chi connectivity index (χ0v) is 17.2. The first-order valence-electron chi connectivity index (χ1n) is 9.16. The van der Waals surface area contributed by atoms with Crippen LogP contribution in [0.15, 0.2) is 6.07 Å². The summed E-state index contributed by atoms with van der Waals surface area (Å²) in [5.41, 5.74) is 0.229. The molecule has 6 nitrogen and oxygen atoms in total. The predicted octanol–water partition coefficient (Wildman–Crippen LogP) is 3.03. The number of likely N-dealkylation sites (N-methyl/N-ethyl adjacent to an activating group) is 1. The second kappa shape index (κ2) is 9.09. The fourth-order valence-electron chi connectivity index (χ4n) is 3.52. The fraction of sp³-hybridized carbons (Fsp3) is 0.667. The quantitative estimate of drug-likeness (QED) is 0.635. The van der Waals surface area contributed by atoms with Crippen LogP contribution in [0, 0.1) is 11.7 Å². The van der Waals surface area contributed by atoms with Gasteiger partial charge >= 0.3 is 11.8 Å². The Morgan fingerprint density at radius 2 is 2.03 bits per heavy atom. The lowest BCUT2D eigenvalue weighted by Gasteiger charge is -2.43. The molecule has 1 aromatic heterocycles. The van der Waals surface area contributed by atoms with Crippen molar-refractivity contribution in [2.45, 2.75) is 43.7 Å². The maximum Gasteiger partial charge on any atom is 0.316 e. The van der Waals surface area contributed by atoms with Crippen molar-refractivity contribution >= 4 is 18.3 Å². The summed E-state index contributed by atoms with van der Waals surface area (Å²) in [5.74, 6) is -11.9. The molecule has 1 aromatic rings. The van der Waals surface area contributed by atoms with Crippen LogP contribution in [0.1, 0.15) is 24.8 Å². The van der Waals surface area contributed by atoms with Gasteiger partial charge < -0.3 is 14.8 Å². The number of alkyl halides is 4. The van der Waals surface area contributed by atoms with E-state index in [1.54, 1.807) is 0 Å². The van der Waals surface area contributed by atoms with Gasteiger partial charge in [-0.05, 0) is 32.5 Å². The molecule has 1 amide bonds. The van der Waals surface area contributed by atoms with E-state index in [1.807, 2.05) is 11.9 Å². The number of methoxy groups -OCH3 is 1. The number of carbonyl (C=O) groups is 1. The Kier molecular flexibility index (Phi) is 7.39. The molecule has 1 saturated heterocycles. The van der Waals surface area contributed by atoms with Gasteiger partial charge in [-0.2, -0.15) is 22.5 Å². The topological polar surface area (TPSA) is 63.7 Å². The standard InChI is InChI=1S/C18H22F5N3O3.ClH/c1-26-5-3-4-13(26)14(27)24-8-10-6-12(19)16(25-15(10)28-2)29-9-11-7-17(20,21)18(11,22)23;/h6,11,13H,3-5,7-9H2,1-2H3,(H,24,27);1H. The second-order valence-corrected chi connectivity index (χ2v) is 7.34. The molecule has 30 heavy (non-hydrogen) atoms. The lowest BCUT2D eigenvalue weighted by molar-refractivity contribution is -0.317. The van der Waals surface area contributed by atoms with Crippen molar-refractivity contribution in [3.05, 3.63) is 17.4 Å². The van der Waals surface area contributed by atoms with Crippen LogP contribution in [0.5, 0.6) is 11.8 Å². The summed E-state index contributed by atoms with van der Waals surface area (Å²) < 4.78 is 76.6. The zero-order chi connectivity index (χ0) is 21.4. The molecule has 1 aliphatic carbocycles. The number of hydrogen-bond acceptors (Lipinski definition) is 5. The van der Waals surface area contributed by atoms with Crippen molar-refractivity contribution in [1.29, 1.82) is 0 Å². The number of rotatable bonds is 7. The number of amides is 1. The van der Waals surface area contributed by atoms with Crippen LogP contribution in [0.4, 0.5) is 22.0 Å². The first-order chi connectivity index (χ1) is 13.6. The van der Waals surface area contributed by atoms with Gasteiger partial charge in [0.2, 0.25) is 11.8 Å². The summed E-state index contributed by atoms with van der Waals surface area (Å²) in [4.78, 5) is 17.9. The van der Waals surface area contributed by atoms with Gasteiger partial charge in [0, 0.05) is 18.5 Å². The molecule has 2 aliphatic rings. The molecule has 0 bridgehead atoms. The molecule has 2 unspecified atom stereocenters. The minimum Gasteiger partial charge on any atom is -0.481 e. The number of ether oxygens (including phenoxy) is 2. The van der Waals surface area contributed by atoms with Crippen molar-refractivity contribution in [2.75, 3.05) is 27.3 Å². The number of likely N-dealkylation sites (tertiary alicyclic amines) is 1. The third-order valence-corrected chi connectivity index (χ3v) is 5.38. The third-order valence-electron chi connectivity index (χ3n) is 5.38. The molecule has 1 N–H and O–H groups in total. The molecule has 170 valence electrons. The van der Waals surface area contributed by atoms with Crippen molar-refractivity contribution < 1.29 is 36.2 Å². The van der Waals surface area contributed by atoms with Gasteiger partial charge in [0.25, 0.3) is 5.88 Å². The average Bonchev–Trinajstić information content (AvgIpc) is 3.09. The molecule has 2 heterocycles. The highest BCUT2D eigenvalue weighted by Crippen LogP contribution is 2.55. The van der Waals surface area contributed by atoms with E-state index in [0.29, 0.717) is 0 Å². The van der Waals surface area contributed by atoms with Gasteiger partial charge in [-0.3, -0.25) is 9.69 Å². The number of hydrogen-bond donors (Lipinski definition) is 1. The van der Waals surface area contributed by atoms with Crippen molar-refractivity contribution in [3.8, 4) is 11.8 Å². The Balaban J connectivity index is 0.00000320. The number of pyridine rings is 1. The maximum absolute atomic E-state index is 14.3. The van der Waals surface area contributed by atoms with E-state index in [9.17, 15) is 26.7 Å². The normalized spacial score (nSPS) is 24.5. The minimum absolute atomic E-state index is 0. The molecule has 0 radical (unpaired) electrons. The smallest absolute Gasteiger partial charge is 0.316 e. The number of halogens is 6. The van der Waals surface area contributed by atoms with Crippen molar-refractivity contribution in [3.63, 3.8) is 0 Å². The molecule has 1 aliphatic heterocycles. The van der Waals surface area contributed by atoms with Crippen LogP contribution >= 0.6 is 12.4 Å². The van der Waals surface area contributed by atoms with E-state index in [2.05, 4.69) is 10.3 Å². The maximum atomic E-state index is 14.3. The highest BCUT2D eigenvalue weighted by Gasteiger charge is 2.71. The first-order valence-corrected chi connectivity index (χ1v) is 9.16. The average molecular weight is 460 g/mol. The van der Waals surface area contributed by atoms with E-state index in [0.717, 1.165) is 25.5 Å². The van der Waals surface area contributed by atoms with E-state index in [4.69, 9.17) is 9.47 Å². The molecule has 3 rings (SSSR count).